The lowest BCUT2D eigenvalue weighted by Crippen LogP contribution is -2.49. The van der Waals surface area contributed by atoms with E-state index in [0.717, 1.165) is 4.90 Å². The van der Waals surface area contributed by atoms with Crippen molar-refractivity contribution in [2.75, 3.05) is 6.61 Å². The Hall–Kier alpha value is -1.37. The quantitative estimate of drug-likeness (QED) is 0.730. The first-order valence-corrected chi connectivity index (χ1v) is 7.52. The van der Waals surface area contributed by atoms with E-state index in [-0.39, 0.29) is 6.61 Å². The fraction of sp³-hybridized carbons (Fsp3) is 0.800. The molecule has 0 heterocycles. The topological polar surface area (TPSA) is 65.1 Å². The molecule has 0 aromatic carbocycles. The van der Waals surface area contributed by atoms with Crippen LogP contribution in [0.25, 0.3) is 0 Å². The average molecular weight is 333 g/mol. The molecule has 6 nitrogen and oxygen atoms in total. The molecule has 0 aliphatic rings. The fourth-order valence-corrected chi connectivity index (χ4v) is 1.44. The Morgan fingerprint density at radius 3 is 1.64 bits per heavy atom. The van der Waals surface area contributed by atoms with Crippen LogP contribution >= 0.6 is 12.2 Å². The van der Waals surface area contributed by atoms with Gasteiger partial charge in [0.15, 0.2) is 5.05 Å². The average Bonchev–Trinajstić information content (AvgIpc) is 2.20. The van der Waals surface area contributed by atoms with Crippen molar-refractivity contribution in [2.24, 2.45) is 0 Å². The van der Waals surface area contributed by atoms with Crippen molar-refractivity contribution in [1.29, 1.82) is 0 Å². The van der Waals surface area contributed by atoms with Gasteiger partial charge in [-0.25, -0.2) is 14.5 Å². The molecular weight excluding hydrogens is 306 g/mol. The third-order valence-corrected chi connectivity index (χ3v) is 2.27. The fourth-order valence-electron chi connectivity index (χ4n) is 1.37. The Kier molecular flexibility index (Phi) is 7.28. The maximum atomic E-state index is 12.3. The van der Waals surface area contributed by atoms with Gasteiger partial charge in [-0.3, -0.25) is 0 Å². The Morgan fingerprint density at radius 2 is 1.36 bits per heavy atom. The monoisotopic (exact) mass is 333 g/mol. The normalized spacial score (nSPS) is 13.1. The van der Waals surface area contributed by atoms with Crippen molar-refractivity contribution in [2.45, 2.75) is 72.6 Å². The molecule has 22 heavy (non-hydrogen) atoms. The standard InChI is InChI=1S/C15H27NO5S/c1-10(9-19-11(2)22)16(12(17)20-14(3,4)5)13(18)21-15(6,7)8/h10H,9H2,1-8H3. The van der Waals surface area contributed by atoms with Crippen LogP contribution in [0.5, 0.6) is 0 Å². The first-order chi connectivity index (χ1) is 9.73. The number of thiocarbonyl (C=S) groups is 1. The van der Waals surface area contributed by atoms with Crippen molar-refractivity contribution in [3.63, 3.8) is 0 Å². The van der Waals surface area contributed by atoms with Crippen LogP contribution in [0.2, 0.25) is 0 Å². The van der Waals surface area contributed by atoms with Gasteiger partial charge in [-0.2, -0.15) is 0 Å². The molecule has 0 saturated carbocycles. The summed E-state index contributed by atoms with van der Waals surface area (Å²) in [5, 5.41) is 0.333. The van der Waals surface area contributed by atoms with Crippen LogP contribution in [0, 0.1) is 0 Å². The molecule has 0 radical (unpaired) electrons. The van der Waals surface area contributed by atoms with E-state index in [4.69, 9.17) is 26.4 Å². The largest absolute Gasteiger partial charge is 0.485 e. The number of ether oxygens (including phenoxy) is 3. The predicted molar refractivity (Wildman–Crippen MR) is 88.0 cm³/mol. The van der Waals surface area contributed by atoms with Crippen LogP contribution < -0.4 is 0 Å². The number of nitrogens with zero attached hydrogens (tertiary/aromatic N) is 1. The van der Waals surface area contributed by atoms with Gasteiger partial charge >= 0.3 is 12.2 Å². The van der Waals surface area contributed by atoms with E-state index in [1.54, 1.807) is 55.4 Å². The van der Waals surface area contributed by atoms with E-state index in [0.29, 0.717) is 5.05 Å². The molecule has 0 saturated heterocycles. The van der Waals surface area contributed by atoms with Gasteiger partial charge in [0.05, 0.1) is 6.04 Å². The van der Waals surface area contributed by atoms with Crippen LogP contribution in [0.4, 0.5) is 9.59 Å². The molecule has 0 aliphatic heterocycles. The summed E-state index contributed by atoms with van der Waals surface area (Å²) in [6, 6.07) is -0.581. The zero-order valence-electron chi connectivity index (χ0n) is 14.7. The Balaban J connectivity index is 5.17. The van der Waals surface area contributed by atoms with Crippen molar-refractivity contribution in [1.82, 2.24) is 4.90 Å². The highest BCUT2D eigenvalue weighted by Gasteiger charge is 2.35. The number of hydrogen-bond donors (Lipinski definition) is 0. The second kappa shape index (κ2) is 7.76. The summed E-state index contributed by atoms with van der Waals surface area (Å²) in [4.78, 5) is 25.5. The summed E-state index contributed by atoms with van der Waals surface area (Å²) in [6.07, 6.45) is -1.56. The number of carbonyl (C=O) groups excluding carboxylic acids is 2. The number of amides is 2. The van der Waals surface area contributed by atoms with Gasteiger partial charge in [-0.15, -0.1) is 0 Å². The van der Waals surface area contributed by atoms with Gasteiger partial charge in [0.1, 0.15) is 17.8 Å². The van der Waals surface area contributed by atoms with Gasteiger partial charge < -0.3 is 14.2 Å². The molecule has 0 fully saturated rings. The molecule has 2 amide bonds. The van der Waals surface area contributed by atoms with Crippen LogP contribution in [0.3, 0.4) is 0 Å². The van der Waals surface area contributed by atoms with Crippen molar-refractivity contribution in [3.05, 3.63) is 0 Å². The zero-order valence-corrected chi connectivity index (χ0v) is 15.5. The molecule has 128 valence electrons. The van der Waals surface area contributed by atoms with Crippen LogP contribution in [-0.4, -0.2) is 46.0 Å². The number of imide groups is 1. The first-order valence-electron chi connectivity index (χ1n) is 7.11. The second-order valence-corrected chi connectivity index (χ2v) is 7.56. The third-order valence-electron chi connectivity index (χ3n) is 2.15. The Labute approximate surface area is 138 Å². The highest BCUT2D eigenvalue weighted by molar-refractivity contribution is 7.80. The molecule has 0 aliphatic carbocycles. The molecular formula is C15H27NO5S. The lowest BCUT2D eigenvalue weighted by molar-refractivity contribution is -0.0101. The highest BCUT2D eigenvalue weighted by Crippen LogP contribution is 2.17. The first kappa shape index (κ1) is 20.6. The van der Waals surface area contributed by atoms with E-state index in [9.17, 15) is 9.59 Å². The molecule has 0 aromatic rings. The van der Waals surface area contributed by atoms with Gasteiger partial charge in [0, 0.05) is 6.92 Å². The minimum atomic E-state index is -0.778. The third kappa shape index (κ3) is 8.81. The van der Waals surface area contributed by atoms with E-state index in [1.165, 1.54) is 0 Å². The van der Waals surface area contributed by atoms with E-state index in [2.05, 4.69) is 0 Å². The van der Waals surface area contributed by atoms with Gasteiger partial charge in [0.25, 0.3) is 0 Å². The van der Waals surface area contributed by atoms with Crippen LogP contribution in [-0.2, 0) is 14.2 Å². The van der Waals surface area contributed by atoms with Crippen LogP contribution in [0.1, 0.15) is 55.4 Å². The maximum Gasteiger partial charge on any atom is 0.420 e. The lowest BCUT2D eigenvalue weighted by atomic mass is 10.2. The summed E-state index contributed by atoms with van der Waals surface area (Å²) in [7, 11) is 0. The van der Waals surface area contributed by atoms with E-state index < -0.39 is 29.4 Å². The van der Waals surface area contributed by atoms with Crippen molar-refractivity contribution in [3.8, 4) is 0 Å². The Bertz CT molecular complexity index is 395. The molecule has 1 atom stereocenters. The van der Waals surface area contributed by atoms with Gasteiger partial charge in [-0.1, -0.05) is 0 Å². The summed E-state index contributed by atoms with van der Waals surface area (Å²) >= 11 is 4.83. The van der Waals surface area contributed by atoms with Gasteiger partial charge in [0.2, 0.25) is 0 Å². The summed E-state index contributed by atoms with van der Waals surface area (Å²) in [5.41, 5.74) is -1.45. The van der Waals surface area contributed by atoms with E-state index >= 15 is 0 Å². The molecule has 0 spiro atoms. The summed E-state index contributed by atoms with van der Waals surface area (Å²) in [5.74, 6) is 0. The smallest absolute Gasteiger partial charge is 0.420 e. The summed E-state index contributed by atoms with van der Waals surface area (Å²) < 4.78 is 15.7. The van der Waals surface area contributed by atoms with Gasteiger partial charge in [-0.05, 0) is 60.7 Å². The molecule has 0 rings (SSSR count). The molecule has 0 N–H and O–H groups in total. The van der Waals surface area contributed by atoms with Crippen molar-refractivity contribution >= 4 is 29.5 Å². The predicted octanol–water partition coefficient (Wildman–Crippen LogP) is 3.91. The second-order valence-electron chi connectivity index (χ2n) is 6.98. The summed E-state index contributed by atoms with van der Waals surface area (Å²) in [6.45, 7) is 13.7. The number of carbonyl (C=O) groups is 2. The Morgan fingerprint density at radius 1 is 1.00 bits per heavy atom. The zero-order chi connectivity index (χ0) is 17.7. The lowest BCUT2D eigenvalue weighted by Gasteiger charge is -2.31. The molecule has 0 aromatic heterocycles. The highest BCUT2D eigenvalue weighted by atomic mass is 32.1. The van der Waals surface area contributed by atoms with Crippen LogP contribution in [0.15, 0.2) is 0 Å². The number of hydrogen-bond acceptors (Lipinski definition) is 6. The SMILES string of the molecule is CC(=S)OCC(C)N(C(=O)OC(C)(C)C)C(=O)OC(C)(C)C. The minimum Gasteiger partial charge on any atom is -0.485 e. The molecule has 1 unspecified atom stereocenters. The number of rotatable bonds is 3. The molecule has 0 bridgehead atoms. The van der Waals surface area contributed by atoms with E-state index in [1.807, 2.05) is 0 Å². The molecule has 7 heteroatoms. The minimum absolute atomic E-state index is 0.0772. The maximum absolute atomic E-state index is 12.3. The van der Waals surface area contributed by atoms with Crippen molar-refractivity contribution < 1.29 is 23.8 Å².